The van der Waals surface area contributed by atoms with Crippen LogP contribution in [0, 0.1) is 0 Å². The molecule has 0 aliphatic carbocycles. The van der Waals surface area contributed by atoms with E-state index in [1.807, 2.05) is 0 Å². The monoisotopic (exact) mass is 298 g/mol. The molecule has 1 fully saturated rings. The molecule has 0 radical (unpaired) electrons. The van der Waals surface area contributed by atoms with Crippen molar-refractivity contribution in [2.75, 3.05) is 13.2 Å². The van der Waals surface area contributed by atoms with Crippen molar-refractivity contribution in [3.05, 3.63) is 0 Å². The molecule has 2 aliphatic heterocycles. The first kappa shape index (κ1) is 14.9. The number of alkyl halides is 2. The molecule has 4 N–H and O–H groups in total. The van der Waals surface area contributed by atoms with Gasteiger partial charge < -0.3 is 25.4 Å². The van der Waals surface area contributed by atoms with Crippen LogP contribution < -0.4 is 5.32 Å². The normalized spacial score (nSPS) is 38.8. The van der Waals surface area contributed by atoms with Gasteiger partial charge in [-0.05, 0) is 0 Å². The fourth-order valence-corrected chi connectivity index (χ4v) is 3.01. The van der Waals surface area contributed by atoms with Gasteiger partial charge in [0.25, 0.3) is 5.92 Å². The van der Waals surface area contributed by atoms with Gasteiger partial charge in [0.15, 0.2) is 5.17 Å². The third-order valence-electron chi connectivity index (χ3n) is 2.89. The minimum absolute atomic E-state index is 0.237. The van der Waals surface area contributed by atoms with Gasteiger partial charge in [-0.25, -0.2) is 8.78 Å². The Labute approximate surface area is 112 Å². The molecule has 0 saturated carbocycles. The number of thioether (sulfide) groups is 1. The fraction of sp³-hybridized carbons (Fsp3) is 0.900. The summed E-state index contributed by atoms with van der Waals surface area (Å²) in [5.74, 6) is -2.87. The standard InChI is InChI=1S/C10H16F2N2O4S/c1-10(11,12)3-13-9-14-5-7(17)6(16)4(2-15)18-8(5)19-9/h4-8,15-17H,2-3H2,1H3,(H,13,14)/t4-,5?,6-,7-,8?/m1/s1. The van der Waals surface area contributed by atoms with Gasteiger partial charge >= 0.3 is 0 Å². The van der Waals surface area contributed by atoms with Crippen molar-refractivity contribution in [2.45, 2.75) is 42.6 Å². The van der Waals surface area contributed by atoms with E-state index in [-0.39, 0.29) is 5.17 Å². The molecule has 0 bridgehead atoms. The molecule has 0 amide bonds. The van der Waals surface area contributed by atoms with Crippen LogP contribution in [0.1, 0.15) is 6.92 Å². The molecule has 9 heteroatoms. The van der Waals surface area contributed by atoms with Crippen LogP contribution in [0.4, 0.5) is 8.78 Å². The highest BCUT2D eigenvalue weighted by Gasteiger charge is 2.48. The van der Waals surface area contributed by atoms with Crippen molar-refractivity contribution in [3.63, 3.8) is 0 Å². The second kappa shape index (κ2) is 5.49. The van der Waals surface area contributed by atoms with Gasteiger partial charge in [0.1, 0.15) is 29.8 Å². The number of nitrogens with zero attached hydrogens (tertiary/aromatic N) is 1. The van der Waals surface area contributed by atoms with E-state index in [4.69, 9.17) is 9.84 Å². The summed E-state index contributed by atoms with van der Waals surface area (Å²) in [6.45, 7) is -0.220. The Bertz CT molecular complexity index is 366. The van der Waals surface area contributed by atoms with Gasteiger partial charge in [0.05, 0.1) is 13.2 Å². The Hall–Kier alpha value is -0.480. The zero-order valence-electron chi connectivity index (χ0n) is 10.2. The first-order valence-electron chi connectivity index (χ1n) is 5.80. The Kier molecular flexibility index (Phi) is 4.31. The molecule has 0 aromatic carbocycles. The fourth-order valence-electron chi connectivity index (χ4n) is 1.90. The number of ether oxygens (including phenoxy) is 1. The highest BCUT2D eigenvalue weighted by atomic mass is 32.2. The van der Waals surface area contributed by atoms with Crippen molar-refractivity contribution in [1.82, 2.24) is 5.32 Å². The van der Waals surface area contributed by atoms with E-state index >= 15 is 0 Å². The average molecular weight is 298 g/mol. The van der Waals surface area contributed by atoms with Crippen LogP contribution in [-0.4, -0.2) is 69.4 Å². The zero-order valence-corrected chi connectivity index (χ0v) is 11.0. The van der Waals surface area contributed by atoms with Gasteiger partial charge in [-0.1, -0.05) is 11.8 Å². The number of aliphatic hydroxyl groups is 3. The maximum Gasteiger partial charge on any atom is 0.262 e. The van der Waals surface area contributed by atoms with Crippen molar-refractivity contribution in [3.8, 4) is 0 Å². The molecular formula is C10H16F2N2O4S. The first-order chi connectivity index (χ1) is 8.81. The van der Waals surface area contributed by atoms with Crippen molar-refractivity contribution >= 4 is 16.9 Å². The zero-order chi connectivity index (χ0) is 14.2. The molecule has 19 heavy (non-hydrogen) atoms. The van der Waals surface area contributed by atoms with Crippen LogP contribution in [0.3, 0.4) is 0 Å². The number of hydrogen-bond donors (Lipinski definition) is 4. The van der Waals surface area contributed by atoms with E-state index in [1.165, 1.54) is 0 Å². The molecule has 2 aliphatic rings. The van der Waals surface area contributed by atoms with Gasteiger partial charge in [-0.15, -0.1) is 0 Å². The molecule has 5 atom stereocenters. The Morgan fingerprint density at radius 1 is 1.42 bits per heavy atom. The number of nitrogens with one attached hydrogen (secondary N) is 1. The Morgan fingerprint density at radius 3 is 2.68 bits per heavy atom. The SMILES string of the molecule is CC(F)(F)CNC1=NC2C(O[C@H](CO)[C@@H](O)[C@@H]2O)S1. The third kappa shape index (κ3) is 3.34. The summed E-state index contributed by atoms with van der Waals surface area (Å²) in [5.41, 5.74) is -0.594. The summed E-state index contributed by atoms with van der Waals surface area (Å²) in [5, 5.41) is 31.3. The van der Waals surface area contributed by atoms with E-state index in [0.717, 1.165) is 18.7 Å². The summed E-state index contributed by atoms with van der Waals surface area (Å²) < 4.78 is 30.8. The van der Waals surface area contributed by atoms with Crippen LogP contribution in [0.25, 0.3) is 0 Å². The molecule has 2 heterocycles. The lowest BCUT2D eigenvalue weighted by molar-refractivity contribution is -0.164. The highest BCUT2D eigenvalue weighted by Crippen LogP contribution is 2.35. The highest BCUT2D eigenvalue weighted by molar-refractivity contribution is 8.14. The second-order valence-electron chi connectivity index (χ2n) is 4.67. The van der Waals surface area contributed by atoms with Crippen LogP contribution >= 0.6 is 11.8 Å². The molecule has 2 rings (SSSR count). The molecule has 0 aromatic rings. The summed E-state index contributed by atoms with van der Waals surface area (Å²) in [4.78, 5) is 4.03. The van der Waals surface area contributed by atoms with Crippen LogP contribution in [0.5, 0.6) is 0 Å². The number of rotatable bonds is 3. The maximum absolute atomic E-state index is 12.7. The smallest absolute Gasteiger partial charge is 0.262 e. The van der Waals surface area contributed by atoms with Crippen LogP contribution in [-0.2, 0) is 4.74 Å². The quantitative estimate of drug-likeness (QED) is 0.542. The van der Waals surface area contributed by atoms with E-state index in [0.29, 0.717) is 0 Å². The van der Waals surface area contributed by atoms with Gasteiger partial charge in [-0.3, -0.25) is 4.99 Å². The molecule has 2 unspecified atom stereocenters. The second-order valence-corrected chi connectivity index (χ2v) is 5.76. The minimum Gasteiger partial charge on any atom is -0.394 e. The molecule has 0 aromatic heterocycles. The Morgan fingerprint density at radius 2 is 2.11 bits per heavy atom. The topological polar surface area (TPSA) is 94.3 Å². The van der Waals surface area contributed by atoms with Gasteiger partial charge in [-0.2, -0.15) is 0 Å². The minimum atomic E-state index is -2.87. The number of halogens is 2. The number of aliphatic imine (C=N–C) groups is 1. The van der Waals surface area contributed by atoms with Crippen molar-refractivity contribution < 1.29 is 28.8 Å². The first-order valence-corrected chi connectivity index (χ1v) is 6.68. The predicted octanol–water partition coefficient (Wildman–Crippen LogP) is -0.858. The summed E-state index contributed by atoms with van der Waals surface area (Å²) in [6.07, 6.45) is -3.33. The predicted molar refractivity (Wildman–Crippen MR) is 65.2 cm³/mol. The average Bonchev–Trinajstić information content (AvgIpc) is 2.73. The van der Waals surface area contributed by atoms with Crippen molar-refractivity contribution in [1.29, 1.82) is 0 Å². The summed E-state index contributed by atoms with van der Waals surface area (Å²) >= 11 is 1.06. The summed E-state index contributed by atoms with van der Waals surface area (Å²) in [7, 11) is 0. The number of amidine groups is 1. The molecular weight excluding hydrogens is 282 g/mol. The van der Waals surface area contributed by atoms with E-state index in [9.17, 15) is 19.0 Å². The van der Waals surface area contributed by atoms with Crippen LogP contribution in [0.2, 0.25) is 0 Å². The molecule has 6 nitrogen and oxygen atoms in total. The van der Waals surface area contributed by atoms with Crippen molar-refractivity contribution in [2.24, 2.45) is 4.99 Å². The van der Waals surface area contributed by atoms with Gasteiger partial charge in [0, 0.05) is 6.92 Å². The van der Waals surface area contributed by atoms with E-state index in [1.54, 1.807) is 0 Å². The van der Waals surface area contributed by atoms with E-state index < -0.39 is 48.9 Å². The van der Waals surface area contributed by atoms with E-state index in [2.05, 4.69) is 10.3 Å². The maximum atomic E-state index is 12.7. The third-order valence-corrected chi connectivity index (χ3v) is 3.99. The largest absolute Gasteiger partial charge is 0.394 e. The lowest BCUT2D eigenvalue weighted by atomic mass is 9.99. The molecule has 1 saturated heterocycles. The Balaban J connectivity index is 1.99. The molecule has 110 valence electrons. The summed E-state index contributed by atoms with van der Waals surface area (Å²) in [6, 6.07) is -0.726. The number of fused-ring (bicyclic) bond motifs is 1. The lowest BCUT2D eigenvalue weighted by Crippen LogP contribution is -2.55. The molecule has 0 spiro atoms. The van der Waals surface area contributed by atoms with Crippen LogP contribution in [0.15, 0.2) is 4.99 Å². The van der Waals surface area contributed by atoms with Gasteiger partial charge in [0.2, 0.25) is 0 Å². The number of hydrogen-bond acceptors (Lipinski definition) is 7. The number of aliphatic hydroxyl groups excluding tert-OH is 3. The lowest BCUT2D eigenvalue weighted by Gasteiger charge is -2.37.